The van der Waals surface area contributed by atoms with Crippen LogP contribution in [-0.2, 0) is 16.6 Å². The lowest BCUT2D eigenvalue weighted by Crippen LogP contribution is -1.95. The van der Waals surface area contributed by atoms with Gasteiger partial charge in [0.15, 0.2) is 0 Å². The molecule has 108 valence electrons. The molecule has 0 amide bonds. The first-order valence-electron chi connectivity index (χ1n) is 6.18. The summed E-state index contributed by atoms with van der Waals surface area (Å²) in [6.07, 6.45) is 1.74. The molecule has 3 nitrogen and oxygen atoms in total. The lowest BCUT2D eigenvalue weighted by atomic mass is 10.1. The van der Waals surface area contributed by atoms with Crippen LogP contribution in [0.25, 0.3) is 6.08 Å². The smallest absolute Gasteiger partial charge is 0.335 e. The zero-order valence-electron chi connectivity index (χ0n) is 11.0. The second-order valence-electron chi connectivity index (χ2n) is 4.38. The molecule has 0 radical (unpaired) electrons. The van der Waals surface area contributed by atoms with Gasteiger partial charge < -0.3 is 5.11 Å². The highest BCUT2D eigenvalue weighted by Gasteiger charge is 2.01. The first-order chi connectivity index (χ1) is 10.0. The Morgan fingerprint density at radius 2 is 1.71 bits per heavy atom. The van der Waals surface area contributed by atoms with Crippen LogP contribution in [0.2, 0.25) is 0 Å². The van der Waals surface area contributed by atoms with Crippen LogP contribution in [0, 0.1) is 3.57 Å². The Hall–Kier alpha value is -1.47. The summed E-state index contributed by atoms with van der Waals surface area (Å²) in [5, 5.41) is 10.4. The summed E-state index contributed by atoms with van der Waals surface area (Å²) < 4.78 is 13.1. The third kappa shape index (κ3) is 5.09. The average Bonchev–Trinajstić information content (AvgIpc) is 2.48. The number of hydrogen-bond acceptors (Lipinski definition) is 2. The zero-order valence-corrected chi connectivity index (χ0v) is 14.0. The summed E-state index contributed by atoms with van der Waals surface area (Å²) >= 11 is 2.23. The number of rotatable bonds is 5. The minimum atomic E-state index is -1.09. The van der Waals surface area contributed by atoms with Gasteiger partial charge in [-0.05, 0) is 64.1 Å². The van der Waals surface area contributed by atoms with Gasteiger partial charge in [-0.25, -0.2) is 4.79 Å². The Labute approximate surface area is 139 Å². The van der Waals surface area contributed by atoms with Crippen molar-refractivity contribution < 1.29 is 14.1 Å². The topological polar surface area (TPSA) is 54.4 Å². The molecule has 0 saturated heterocycles. The number of carboxylic acids is 1. The molecule has 0 aliphatic rings. The molecule has 0 spiro atoms. The Balaban J connectivity index is 1.98. The molecule has 2 aromatic carbocycles. The first kappa shape index (κ1) is 15.9. The molecule has 1 atom stereocenters. The van der Waals surface area contributed by atoms with Gasteiger partial charge in [0.25, 0.3) is 0 Å². The highest BCUT2D eigenvalue weighted by molar-refractivity contribution is 14.1. The minimum absolute atomic E-state index is 0.243. The van der Waals surface area contributed by atoms with Crippen LogP contribution in [0.1, 0.15) is 21.5 Å². The lowest BCUT2D eigenvalue weighted by molar-refractivity contribution is 0.0697. The molecular formula is C16H13IO3S. The lowest BCUT2D eigenvalue weighted by Gasteiger charge is -1.99. The fraction of sp³-hybridized carbons (Fsp3) is 0.0625. The standard InChI is InChI=1S/C16H13IO3S/c17-15-7-3-13(4-8-15)11-21(20)10-9-12-1-5-14(6-2-12)16(18)19/h1-10H,11H2,(H,18,19). The zero-order chi connectivity index (χ0) is 15.2. The molecule has 0 heterocycles. The van der Waals surface area contributed by atoms with Crippen LogP contribution in [0.4, 0.5) is 0 Å². The van der Waals surface area contributed by atoms with Crippen LogP contribution in [0.3, 0.4) is 0 Å². The Bertz CT molecular complexity index is 676. The highest BCUT2D eigenvalue weighted by atomic mass is 127. The summed E-state index contributed by atoms with van der Waals surface area (Å²) in [5.41, 5.74) is 2.10. The van der Waals surface area contributed by atoms with E-state index in [9.17, 15) is 9.00 Å². The number of halogens is 1. The number of carbonyl (C=O) groups is 1. The fourth-order valence-electron chi connectivity index (χ4n) is 1.68. The quantitative estimate of drug-likeness (QED) is 0.758. The van der Waals surface area contributed by atoms with Crippen molar-refractivity contribution in [2.45, 2.75) is 5.75 Å². The molecule has 0 aliphatic carbocycles. The molecule has 1 unspecified atom stereocenters. The van der Waals surface area contributed by atoms with E-state index in [1.807, 2.05) is 24.3 Å². The van der Waals surface area contributed by atoms with Gasteiger partial charge in [-0.2, -0.15) is 0 Å². The fourth-order valence-corrected chi connectivity index (χ4v) is 2.97. The van der Waals surface area contributed by atoms with Crippen molar-refractivity contribution in [2.24, 2.45) is 0 Å². The normalized spacial score (nSPS) is 12.4. The van der Waals surface area contributed by atoms with E-state index in [0.29, 0.717) is 5.75 Å². The van der Waals surface area contributed by atoms with E-state index < -0.39 is 16.8 Å². The van der Waals surface area contributed by atoms with Gasteiger partial charge in [0.05, 0.1) is 22.1 Å². The van der Waals surface area contributed by atoms with Gasteiger partial charge in [0.2, 0.25) is 0 Å². The van der Waals surface area contributed by atoms with Crippen molar-refractivity contribution >= 4 is 45.4 Å². The van der Waals surface area contributed by atoms with Gasteiger partial charge in [0.1, 0.15) is 0 Å². The van der Waals surface area contributed by atoms with Crippen LogP contribution >= 0.6 is 22.6 Å². The molecule has 0 saturated carbocycles. The van der Waals surface area contributed by atoms with E-state index in [1.54, 1.807) is 23.6 Å². The molecule has 0 fully saturated rings. The van der Waals surface area contributed by atoms with E-state index in [-0.39, 0.29) is 5.56 Å². The van der Waals surface area contributed by atoms with Gasteiger partial charge in [-0.15, -0.1) is 0 Å². The predicted molar refractivity (Wildman–Crippen MR) is 93.4 cm³/mol. The summed E-state index contributed by atoms with van der Waals surface area (Å²) in [6.45, 7) is 0. The predicted octanol–water partition coefficient (Wildman–Crippen LogP) is 3.91. The number of aromatic carboxylic acids is 1. The van der Waals surface area contributed by atoms with Crippen molar-refractivity contribution in [1.29, 1.82) is 0 Å². The average molecular weight is 412 g/mol. The molecule has 2 rings (SSSR count). The molecule has 0 aliphatic heterocycles. The second-order valence-corrected chi connectivity index (χ2v) is 6.95. The maximum atomic E-state index is 12.0. The van der Waals surface area contributed by atoms with Gasteiger partial charge in [0, 0.05) is 8.98 Å². The molecule has 5 heteroatoms. The van der Waals surface area contributed by atoms with Crippen LogP contribution in [0.15, 0.2) is 53.9 Å². The van der Waals surface area contributed by atoms with Crippen molar-refractivity contribution in [3.63, 3.8) is 0 Å². The highest BCUT2D eigenvalue weighted by Crippen LogP contribution is 2.11. The maximum absolute atomic E-state index is 12.0. The van der Waals surface area contributed by atoms with Crippen LogP contribution < -0.4 is 0 Å². The summed E-state index contributed by atoms with van der Waals surface area (Å²) in [5.74, 6) is -0.478. The number of hydrogen-bond donors (Lipinski definition) is 1. The van der Waals surface area contributed by atoms with Gasteiger partial charge in [-0.1, -0.05) is 24.3 Å². The van der Waals surface area contributed by atoms with Crippen molar-refractivity contribution in [3.05, 3.63) is 74.2 Å². The molecule has 21 heavy (non-hydrogen) atoms. The number of carboxylic acid groups (broad SMARTS) is 1. The SMILES string of the molecule is O=C(O)c1ccc(C=CS(=O)Cc2ccc(I)cc2)cc1. The molecule has 2 aromatic rings. The Morgan fingerprint density at radius 1 is 1.10 bits per heavy atom. The van der Waals surface area contributed by atoms with Crippen molar-refractivity contribution in [3.8, 4) is 0 Å². The molecule has 0 aromatic heterocycles. The first-order valence-corrected chi connectivity index (χ1v) is 8.64. The van der Waals surface area contributed by atoms with Crippen molar-refractivity contribution in [2.75, 3.05) is 0 Å². The Kier molecular flexibility index (Phi) is 5.69. The van der Waals surface area contributed by atoms with Gasteiger partial charge in [-0.3, -0.25) is 4.21 Å². The van der Waals surface area contributed by atoms with E-state index in [4.69, 9.17) is 5.11 Å². The van der Waals surface area contributed by atoms with Gasteiger partial charge >= 0.3 is 5.97 Å². The summed E-state index contributed by atoms with van der Waals surface area (Å²) in [6, 6.07) is 14.4. The van der Waals surface area contributed by atoms with E-state index >= 15 is 0 Å². The maximum Gasteiger partial charge on any atom is 0.335 e. The number of benzene rings is 2. The largest absolute Gasteiger partial charge is 0.478 e. The molecule has 0 bridgehead atoms. The van der Waals surface area contributed by atoms with Crippen LogP contribution in [0.5, 0.6) is 0 Å². The van der Waals surface area contributed by atoms with E-state index in [1.165, 1.54) is 12.1 Å². The summed E-state index contributed by atoms with van der Waals surface area (Å²) in [4.78, 5) is 10.7. The monoisotopic (exact) mass is 412 g/mol. The summed E-state index contributed by atoms with van der Waals surface area (Å²) in [7, 11) is -1.09. The van der Waals surface area contributed by atoms with Crippen molar-refractivity contribution in [1.82, 2.24) is 0 Å². The van der Waals surface area contributed by atoms with E-state index in [2.05, 4.69) is 22.6 Å². The van der Waals surface area contributed by atoms with Crippen LogP contribution in [-0.4, -0.2) is 15.3 Å². The molecular weight excluding hydrogens is 399 g/mol. The second kappa shape index (κ2) is 7.51. The Morgan fingerprint density at radius 3 is 2.29 bits per heavy atom. The third-order valence-electron chi connectivity index (χ3n) is 2.79. The van der Waals surface area contributed by atoms with E-state index in [0.717, 1.165) is 14.7 Å². The molecule has 1 N–H and O–H groups in total. The third-order valence-corrected chi connectivity index (χ3v) is 4.57. The minimum Gasteiger partial charge on any atom is -0.478 e.